The van der Waals surface area contributed by atoms with Gasteiger partial charge in [-0.25, -0.2) is 0 Å². The molecule has 1 heterocycles. The maximum Gasteiger partial charge on any atom is 0.0825 e. The van der Waals surface area contributed by atoms with Crippen molar-refractivity contribution in [2.24, 2.45) is 11.7 Å². The van der Waals surface area contributed by atoms with Crippen LogP contribution in [0.2, 0.25) is 10.0 Å². The Balaban J connectivity index is 1.94. The number of nitrogens with zero attached hydrogens (tertiary/aromatic N) is 2. The molecule has 1 unspecified atom stereocenters. The smallest absolute Gasteiger partial charge is 0.0825 e. The van der Waals surface area contributed by atoms with Crippen molar-refractivity contribution in [3.63, 3.8) is 0 Å². The van der Waals surface area contributed by atoms with Crippen molar-refractivity contribution in [1.29, 1.82) is 0 Å². The fraction of sp³-hybridized carbons (Fsp3) is 0.571. The van der Waals surface area contributed by atoms with E-state index in [0.29, 0.717) is 16.0 Å². The van der Waals surface area contributed by atoms with Gasteiger partial charge in [-0.3, -0.25) is 4.90 Å². The predicted octanol–water partition coefficient (Wildman–Crippen LogP) is 2.71. The summed E-state index contributed by atoms with van der Waals surface area (Å²) in [6, 6.07) is 5.81. The molecular formula is C14H21Cl2N3. The minimum Gasteiger partial charge on any atom is -0.368 e. The van der Waals surface area contributed by atoms with Gasteiger partial charge in [0.15, 0.2) is 0 Å². The van der Waals surface area contributed by atoms with Crippen molar-refractivity contribution in [1.82, 2.24) is 4.90 Å². The molecule has 1 fully saturated rings. The third-order valence-corrected chi connectivity index (χ3v) is 4.43. The topological polar surface area (TPSA) is 32.5 Å². The molecule has 0 aliphatic carbocycles. The van der Waals surface area contributed by atoms with Gasteiger partial charge < -0.3 is 10.6 Å². The molecule has 1 aromatic carbocycles. The van der Waals surface area contributed by atoms with Gasteiger partial charge in [0.05, 0.1) is 15.7 Å². The lowest BCUT2D eigenvalue weighted by molar-refractivity contribution is 0.227. The van der Waals surface area contributed by atoms with E-state index in [1.54, 1.807) is 0 Å². The number of hydrogen-bond acceptors (Lipinski definition) is 3. The average molecular weight is 302 g/mol. The van der Waals surface area contributed by atoms with E-state index >= 15 is 0 Å². The summed E-state index contributed by atoms with van der Waals surface area (Å²) in [5, 5.41) is 1.28. The van der Waals surface area contributed by atoms with Crippen LogP contribution in [0.1, 0.15) is 6.92 Å². The van der Waals surface area contributed by atoms with Crippen molar-refractivity contribution in [3.05, 3.63) is 28.2 Å². The SMILES string of the molecule is CC(CN)CN1CCN(c2cccc(Cl)c2Cl)CC1. The zero-order valence-corrected chi connectivity index (χ0v) is 12.8. The third-order valence-electron chi connectivity index (χ3n) is 3.62. The molecule has 0 saturated carbocycles. The van der Waals surface area contributed by atoms with Crippen molar-refractivity contribution in [2.75, 3.05) is 44.2 Å². The van der Waals surface area contributed by atoms with Crippen LogP contribution < -0.4 is 10.6 Å². The van der Waals surface area contributed by atoms with Gasteiger partial charge in [0.25, 0.3) is 0 Å². The molecule has 1 aliphatic heterocycles. The summed E-state index contributed by atoms with van der Waals surface area (Å²) in [6.45, 7) is 8.09. The van der Waals surface area contributed by atoms with E-state index in [1.165, 1.54) is 0 Å². The molecule has 106 valence electrons. The number of benzene rings is 1. The second-order valence-electron chi connectivity index (χ2n) is 5.20. The summed E-state index contributed by atoms with van der Waals surface area (Å²) >= 11 is 12.3. The Kier molecular flexibility index (Phi) is 5.34. The van der Waals surface area contributed by atoms with Crippen LogP contribution in [0, 0.1) is 5.92 Å². The largest absolute Gasteiger partial charge is 0.368 e. The highest BCUT2D eigenvalue weighted by atomic mass is 35.5. The van der Waals surface area contributed by atoms with E-state index in [4.69, 9.17) is 28.9 Å². The molecule has 1 aromatic rings. The Morgan fingerprint density at radius 2 is 1.89 bits per heavy atom. The van der Waals surface area contributed by atoms with Crippen LogP contribution in [0.4, 0.5) is 5.69 Å². The lowest BCUT2D eigenvalue weighted by Gasteiger charge is -2.37. The number of piperazine rings is 1. The molecule has 0 radical (unpaired) electrons. The maximum atomic E-state index is 6.27. The van der Waals surface area contributed by atoms with Gasteiger partial charge in [-0.15, -0.1) is 0 Å². The zero-order valence-electron chi connectivity index (χ0n) is 11.3. The van der Waals surface area contributed by atoms with Crippen LogP contribution in [-0.2, 0) is 0 Å². The van der Waals surface area contributed by atoms with Crippen LogP contribution in [0.3, 0.4) is 0 Å². The van der Waals surface area contributed by atoms with E-state index < -0.39 is 0 Å². The van der Waals surface area contributed by atoms with Crippen LogP contribution in [0.15, 0.2) is 18.2 Å². The summed E-state index contributed by atoms with van der Waals surface area (Å²) in [5.74, 6) is 0.557. The lowest BCUT2D eigenvalue weighted by atomic mass is 10.1. The summed E-state index contributed by atoms with van der Waals surface area (Å²) in [7, 11) is 0. The molecule has 1 saturated heterocycles. The van der Waals surface area contributed by atoms with Crippen molar-refractivity contribution < 1.29 is 0 Å². The van der Waals surface area contributed by atoms with Crippen LogP contribution in [0.5, 0.6) is 0 Å². The highest BCUT2D eigenvalue weighted by Gasteiger charge is 2.20. The molecule has 0 aromatic heterocycles. The van der Waals surface area contributed by atoms with Crippen LogP contribution in [-0.4, -0.2) is 44.2 Å². The first-order valence-electron chi connectivity index (χ1n) is 6.73. The zero-order chi connectivity index (χ0) is 13.8. The molecular weight excluding hydrogens is 281 g/mol. The summed E-state index contributed by atoms with van der Waals surface area (Å²) in [4.78, 5) is 4.77. The molecule has 3 nitrogen and oxygen atoms in total. The van der Waals surface area contributed by atoms with Gasteiger partial charge >= 0.3 is 0 Å². The van der Waals surface area contributed by atoms with Crippen LogP contribution in [0.25, 0.3) is 0 Å². The Morgan fingerprint density at radius 3 is 2.53 bits per heavy atom. The molecule has 1 aliphatic rings. The number of anilines is 1. The average Bonchev–Trinajstić information content (AvgIpc) is 2.43. The lowest BCUT2D eigenvalue weighted by Crippen LogP contribution is -2.48. The Morgan fingerprint density at radius 1 is 1.21 bits per heavy atom. The number of nitrogens with two attached hydrogens (primary N) is 1. The highest BCUT2D eigenvalue weighted by Crippen LogP contribution is 2.32. The minimum absolute atomic E-state index is 0.557. The van der Waals surface area contributed by atoms with E-state index in [2.05, 4.69) is 16.7 Å². The molecule has 0 spiro atoms. The second-order valence-corrected chi connectivity index (χ2v) is 5.99. The van der Waals surface area contributed by atoms with Gasteiger partial charge in [0, 0.05) is 32.7 Å². The maximum absolute atomic E-state index is 6.27. The van der Waals surface area contributed by atoms with Crippen molar-refractivity contribution in [2.45, 2.75) is 6.92 Å². The van der Waals surface area contributed by atoms with E-state index in [-0.39, 0.29) is 0 Å². The molecule has 2 N–H and O–H groups in total. The van der Waals surface area contributed by atoms with E-state index in [9.17, 15) is 0 Å². The Hall–Kier alpha value is -0.480. The molecule has 0 bridgehead atoms. The highest BCUT2D eigenvalue weighted by molar-refractivity contribution is 6.43. The van der Waals surface area contributed by atoms with E-state index in [0.717, 1.165) is 45.0 Å². The molecule has 2 rings (SSSR count). The normalized spacial score (nSPS) is 18.6. The van der Waals surface area contributed by atoms with Gasteiger partial charge in [0.2, 0.25) is 0 Å². The quantitative estimate of drug-likeness (QED) is 0.928. The van der Waals surface area contributed by atoms with Gasteiger partial charge in [-0.1, -0.05) is 36.2 Å². The third kappa shape index (κ3) is 3.76. The fourth-order valence-corrected chi connectivity index (χ4v) is 2.84. The minimum atomic E-state index is 0.557. The number of hydrogen-bond donors (Lipinski definition) is 1. The second kappa shape index (κ2) is 6.80. The van der Waals surface area contributed by atoms with Gasteiger partial charge in [-0.05, 0) is 24.6 Å². The van der Waals surface area contributed by atoms with Crippen LogP contribution >= 0.6 is 23.2 Å². The fourth-order valence-electron chi connectivity index (χ4n) is 2.42. The first-order chi connectivity index (χ1) is 9.11. The first kappa shape index (κ1) is 14.9. The predicted molar refractivity (Wildman–Crippen MR) is 83.3 cm³/mol. The monoisotopic (exact) mass is 301 g/mol. The Labute approximate surface area is 125 Å². The number of halogens is 2. The molecule has 5 heteroatoms. The van der Waals surface area contributed by atoms with Crippen molar-refractivity contribution >= 4 is 28.9 Å². The van der Waals surface area contributed by atoms with Gasteiger partial charge in [0.1, 0.15) is 0 Å². The summed E-state index contributed by atoms with van der Waals surface area (Å²) in [6.07, 6.45) is 0. The van der Waals surface area contributed by atoms with Gasteiger partial charge in [-0.2, -0.15) is 0 Å². The summed E-state index contributed by atoms with van der Waals surface area (Å²) < 4.78 is 0. The molecule has 1 atom stereocenters. The Bertz CT molecular complexity index is 417. The van der Waals surface area contributed by atoms with E-state index in [1.807, 2.05) is 18.2 Å². The standard InChI is InChI=1S/C14H21Cl2N3/c1-11(9-17)10-18-5-7-19(8-6-18)13-4-2-3-12(15)14(13)16/h2-4,11H,5-10,17H2,1H3. The molecule has 19 heavy (non-hydrogen) atoms. The number of rotatable bonds is 4. The molecule has 0 amide bonds. The van der Waals surface area contributed by atoms with Crippen molar-refractivity contribution in [3.8, 4) is 0 Å². The first-order valence-corrected chi connectivity index (χ1v) is 7.48. The summed E-state index contributed by atoms with van der Waals surface area (Å²) in [5.41, 5.74) is 6.72.